The highest BCUT2D eigenvalue weighted by Gasteiger charge is 2.17. The smallest absolute Gasteiger partial charge is 0.0780 e. The molecule has 0 bridgehead atoms. The molecule has 1 heteroatoms. The third-order valence-electron chi connectivity index (χ3n) is 3.89. The second-order valence-electron chi connectivity index (χ2n) is 6.60. The van der Waals surface area contributed by atoms with Crippen molar-refractivity contribution in [3.63, 3.8) is 0 Å². The van der Waals surface area contributed by atoms with Crippen molar-refractivity contribution in [1.29, 1.82) is 0 Å². The summed E-state index contributed by atoms with van der Waals surface area (Å²) in [5, 5.41) is 0. The molecule has 0 fully saturated rings. The Kier molecular flexibility index (Phi) is 3.81. The van der Waals surface area contributed by atoms with E-state index in [-0.39, 0.29) is 5.41 Å². The first-order valence-corrected chi connectivity index (χ1v) is 7.67. The van der Waals surface area contributed by atoms with E-state index in [0.717, 1.165) is 11.3 Å². The molecule has 0 radical (unpaired) electrons. The van der Waals surface area contributed by atoms with E-state index >= 15 is 0 Å². The van der Waals surface area contributed by atoms with Gasteiger partial charge in [0.2, 0.25) is 0 Å². The molecule has 2 aromatic carbocycles. The van der Waals surface area contributed by atoms with Crippen molar-refractivity contribution < 1.29 is 0 Å². The molecule has 22 heavy (non-hydrogen) atoms. The van der Waals surface area contributed by atoms with E-state index < -0.39 is 0 Å². The van der Waals surface area contributed by atoms with E-state index in [0.29, 0.717) is 0 Å². The lowest BCUT2D eigenvalue weighted by molar-refractivity contribution is 0.588. The minimum Gasteiger partial charge on any atom is -0.255 e. The molecule has 0 unspecified atom stereocenters. The molecule has 3 rings (SSSR count). The SMILES string of the molecule is CC(C)(C)c1cnc(-c2ccccc2)c(-c2ccccc2)c1. The Labute approximate surface area is 132 Å². The highest BCUT2D eigenvalue weighted by molar-refractivity contribution is 5.81. The summed E-state index contributed by atoms with van der Waals surface area (Å²) in [6.07, 6.45) is 2.01. The second kappa shape index (κ2) is 5.76. The number of rotatable bonds is 2. The highest BCUT2D eigenvalue weighted by atomic mass is 14.7. The number of benzene rings is 2. The van der Waals surface area contributed by atoms with Crippen LogP contribution in [0.25, 0.3) is 22.4 Å². The summed E-state index contributed by atoms with van der Waals surface area (Å²) in [7, 11) is 0. The molecule has 1 aromatic heterocycles. The number of hydrogen-bond donors (Lipinski definition) is 0. The molecule has 3 aromatic rings. The summed E-state index contributed by atoms with van der Waals surface area (Å²) in [4.78, 5) is 4.79. The molecular weight excluding hydrogens is 266 g/mol. The van der Waals surface area contributed by atoms with Gasteiger partial charge in [0, 0.05) is 17.3 Å². The Balaban J connectivity index is 2.23. The quantitative estimate of drug-likeness (QED) is 0.588. The Morgan fingerprint density at radius 3 is 1.82 bits per heavy atom. The molecular formula is C21H21N. The molecule has 0 atom stereocenters. The van der Waals surface area contributed by atoms with Crippen LogP contribution in [0, 0.1) is 0 Å². The van der Waals surface area contributed by atoms with Crippen molar-refractivity contribution in [2.75, 3.05) is 0 Å². The molecule has 1 nitrogen and oxygen atoms in total. The van der Waals surface area contributed by atoms with Crippen LogP contribution >= 0.6 is 0 Å². The van der Waals surface area contributed by atoms with Crippen LogP contribution in [-0.2, 0) is 5.41 Å². The van der Waals surface area contributed by atoms with Crippen molar-refractivity contribution in [3.05, 3.63) is 78.5 Å². The Morgan fingerprint density at radius 2 is 1.27 bits per heavy atom. The van der Waals surface area contributed by atoms with E-state index in [9.17, 15) is 0 Å². The van der Waals surface area contributed by atoms with Gasteiger partial charge >= 0.3 is 0 Å². The standard InChI is InChI=1S/C21H21N/c1-21(2,3)18-14-19(16-10-6-4-7-11-16)20(22-15-18)17-12-8-5-9-13-17/h4-15H,1-3H3. The zero-order valence-corrected chi connectivity index (χ0v) is 13.4. The van der Waals surface area contributed by atoms with Crippen LogP contribution in [-0.4, -0.2) is 4.98 Å². The normalized spacial score (nSPS) is 11.4. The Hall–Kier alpha value is -2.41. The molecule has 1 heterocycles. The molecule has 0 N–H and O–H groups in total. The second-order valence-corrected chi connectivity index (χ2v) is 6.60. The van der Waals surface area contributed by atoms with Crippen LogP contribution in [0.4, 0.5) is 0 Å². The number of aromatic nitrogens is 1. The van der Waals surface area contributed by atoms with Gasteiger partial charge in [-0.25, -0.2) is 0 Å². The summed E-state index contributed by atoms with van der Waals surface area (Å²) >= 11 is 0. The molecule has 0 saturated carbocycles. The minimum absolute atomic E-state index is 0.0890. The Bertz CT molecular complexity index is 753. The maximum absolute atomic E-state index is 4.79. The maximum Gasteiger partial charge on any atom is 0.0780 e. The molecule has 0 aliphatic carbocycles. The average Bonchev–Trinajstić information content (AvgIpc) is 2.55. The summed E-state index contributed by atoms with van der Waals surface area (Å²) < 4.78 is 0. The summed E-state index contributed by atoms with van der Waals surface area (Å²) in [6.45, 7) is 6.67. The van der Waals surface area contributed by atoms with Gasteiger partial charge < -0.3 is 0 Å². The van der Waals surface area contributed by atoms with Crippen LogP contribution in [0.3, 0.4) is 0 Å². The van der Waals surface area contributed by atoms with Gasteiger partial charge in [-0.2, -0.15) is 0 Å². The van der Waals surface area contributed by atoms with Gasteiger partial charge in [0.1, 0.15) is 0 Å². The van der Waals surface area contributed by atoms with Crippen LogP contribution in [0.15, 0.2) is 72.9 Å². The average molecular weight is 287 g/mol. The van der Waals surface area contributed by atoms with Crippen molar-refractivity contribution >= 4 is 0 Å². The van der Waals surface area contributed by atoms with Crippen LogP contribution in [0.5, 0.6) is 0 Å². The van der Waals surface area contributed by atoms with E-state index in [1.165, 1.54) is 16.7 Å². The third kappa shape index (κ3) is 2.94. The molecule has 110 valence electrons. The van der Waals surface area contributed by atoms with Crippen LogP contribution in [0.1, 0.15) is 26.3 Å². The summed E-state index contributed by atoms with van der Waals surface area (Å²) in [6, 6.07) is 23.2. The fourth-order valence-corrected chi connectivity index (χ4v) is 2.54. The van der Waals surface area contributed by atoms with Gasteiger partial charge in [0.05, 0.1) is 5.69 Å². The van der Waals surface area contributed by atoms with Crippen molar-refractivity contribution in [2.24, 2.45) is 0 Å². The lowest BCUT2D eigenvalue weighted by Crippen LogP contribution is -2.12. The van der Waals surface area contributed by atoms with Gasteiger partial charge in [-0.05, 0) is 22.6 Å². The van der Waals surface area contributed by atoms with Crippen molar-refractivity contribution in [1.82, 2.24) is 4.98 Å². The molecule has 0 amide bonds. The fourth-order valence-electron chi connectivity index (χ4n) is 2.54. The van der Waals surface area contributed by atoms with Crippen molar-refractivity contribution in [3.8, 4) is 22.4 Å². The zero-order valence-electron chi connectivity index (χ0n) is 13.4. The summed E-state index contributed by atoms with van der Waals surface area (Å²) in [5.41, 5.74) is 5.94. The van der Waals surface area contributed by atoms with Gasteiger partial charge in [0.25, 0.3) is 0 Å². The lowest BCUT2D eigenvalue weighted by Gasteiger charge is -2.21. The monoisotopic (exact) mass is 287 g/mol. The molecule has 0 aliphatic rings. The first-order chi connectivity index (χ1) is 10.6. The van der Waals surface area contributed by atoms with Crippen molar-refractivity contribution in [2.45, 2.75) is 26.2 Å². The highest BCUT2D eigenvalue weighted by Crippen LogP contribution is 2.33. The lowest BCUT2D eigenvalue weighted by atomic mass is 9.86. The number of pyridine rings is 1. The maximum atomic E-state index is 4.79. The molecule has 0 saturated heterocycles. The Morgan fingerprint density at radius 1 is 0.727 bits per heavy atom. The fraction of sp³-hybridized carbons (Fsp3) is 0.190. The molecule has 0 aliphatic heterocycles. The van der Waals surface area contributed by atoms with E-state index in [4.69, 9.17) is 4.98 Å². The van der Waals surface area contributed by atoms with Gasteiger partial charge in [-0.15, -0.1) is 0 Å². The third-order valence-corrected chi connectivity index (χ3v) is 3.89. The molecule has 0 spiro atoms. The first-order valence-electron chi connectivity index (χ1n) is 7.67. The van der Waals surface area contributed by atoms with E-state index in [2.05, 4.69) is 75.4 Å². The summed E-state index contributed by atoms with van der Waals surface area (Å²) in [5.74, 6) is 0. The predicted molar refractivity (Wildman–Crippen MR) is 93.8 cm³/mol. The minimum atomic E-state index is 0.0890. The van der Waals surface area contributed by atoms with Gasteiger partial charge in [-0.1, -0.05) is 81.4 Å². The zero-order chi connectivity index (χ0) is 15.6. The number of nitrogens with zero attached hydrogens (tertiary/aromatic N) is 1. The largest absolute Gasteiger partial charge is 0.255 e. The number of hydrogen-bond acceptors (Lipinski definition) is 1. The van der Waals surface area contributed by atoms with Gasteiger partial charge in [0.15, 0.2) is 0 Å². The van der Waals surface area contributed by atoms with Crippen LogP contribution < -0.4 is 0 Å². The topological polar surface area (TPSA) is 12.9 Å². The predicted octanol–water partition coefficient (Wildman–Crippen LogP) is 5.71. The van der Waals surface area contributed by atoms with Gasteiger partial charge in [-0.3, -0.25) is 4.98 Å². The first kappa shape index (κ1) is 14.5. The van der Waals surface area contributed by atoms with Crippen LogP contribution in [0.2, 0.25) is 0 Å². The van der Waals surface area contributed by atoms with E-state index in [1.807, 2.05) is 18.3 Å². The van der Waals surface area contributed by atoms with E-state index in [1.54, 1.807) is 0 Å².